The SMILES string of the molecule is COC(=O)c1ccc(N(C)CC2CCNC2)cc1. The molecule has 1 saturated heterocycles. The van der Waals surface area contributed by atoms with Crippen LogP contribution in [0.3, 0.4) is 0 Å². The van der Waals surface area contributed by atoms with E-state index in [0.29, 0.717) is 5.56 Å². The van der Waals surface area contributed by atoms with Gasteiger partial charge in [-0.3, -0.25) is 0 Å². The molecule has 1 aromatic rings. The van der Waals surface area contributed by atoms with E-state index in [1.54, 1.807) is 0 Å². The monoisotopic (exact) mass is 248 g/mol. The zero-order valence-corrected chi connectivity index (χ0v) is 11.0. The van der Waals surface area contributed by atoms with Crippen LogP contribution in [0.2, 0.25) is 0 Å². The Labute approximate surface area is 108 Å². The molecule has 1 aliphatic rings. The maximum absolute atomic E-state index is 11.3. The average molecular weight is 248 g/mol. The Kier molecular flexibility index (Phi) is 4.20. The summed E-state index contributed by atoms with van der Waals surface area (Å²) in [6, 6.07) is 7.55. The Hall–Kier alpha value is -1.55. The molecular weight excluding hydrogens is 228 g/mol. The first-order valence-corrected chi connectivity index (χ1v) is 6.31. The quantitative estimate of drug-likeness (QED) is 0.820. The summed E-state index contributed by atoms with van der Waals surface area (Å²) in [5.41, 5.74) is 1.73. The molecule has 0 spiro atoms. The molecule has 2 rings (SSSR count). The second-order valence-electron chi connectivity index (χ2n) is 4.78. The van der Waals surface area contributed by atoms with Gasteiger partial charge in [0.05, 0.1) is 12.7 Å². The fourth-order valence-electron chi connectivity index (χ4n) is 2.33. The van der Waals surface area contributed by atoms with Gasteiger partial charge >= 0.3 is 5.97 Å². The van der Waals surface area contributed by atoms with Gasteiger partial charge in [-0.1, -0.05) is 0 Å². The predicted molar refractivity (Wildman–Crippen MR) is 72.0 cm³/mol. The Morgan fingerprint density at radius 1 is 1.44 bits per heavy atom. The highest BCUT2D eigenvalue weighted by molar-refractivity contribution is 5.89. The fourth-order valence-corrected chi connectivity index (χ4v) is 2.33. The van der Waals surface area contributed by atoms with Crippen LogP contribution in [-0.4, -0.2) is 39.8 Å². The van der Waals surface area contributed by atoms with Crippen LogP contribution in [0.25, 0.3) is 0 Å². The van der Waals surface area contributed by atoms with Crippen LogP contribution >= 0.6 is 0 Å². The molecule has 1 unspecified atom stereocenters. The van der Waals surface area contributed by atoms with Crippen molar-refractivity contribution in [3.05, 3.63) is 29.8 Å². The summed E-state index contributed by atoms with van der Waals surface area (Å²) < 4.78 is 4.68. The highest BCUT2D eigenvalue weighted by atomic mass is 16.5. The molecule has 1 heterocycles. The van der Waals surface area contributed by atoms with Crippen LogP contribution in [0.15, 0.2) is 24.3 Å². The lowest BCUT2D eigenvalue weighted by molar-refractivity contribution is 0.0601. The largest absolute Gasteiger partial charge is 0.465 e. The van der Waals surface area contributed by atoms with Crippen LogP contribution in [0.5, 0.6) is 0 Å². The number of anilines is 1. The molecule has 0 radical (unpaired) electrons. The molecule has 1 aromatic carbocycles. The van der Waals surface area contributed by atoms with E-state index < -0.39 is 0 Å². The number of nitrogens with zero attached hydrogens (tertiary/aromatic N) is 1. The zero-order chi connectivity index (χ0) is 13.0. The predicted octanol–water partition coefficient (Wildman–Crippen LogP) is 1.52. The molecular formula is C14H20N2O2. The normalized spacial score (nSPS) is 18.7. The minimum atomic E-state index is -0.288. The summed E-state index contributed by atoms with van der Waals surface area (Å²) in [6.07, 6.45) is 1.24. The Bertz CT molecular complexity index is 397. The summed E-state index contributed by atoms with van der Waals surface area (Å²) in [6.45, 7) is 3.27. The molecule has 4 nitrogen and oxygen atoms in total. The van der Waals surface area contributed by atoms with Crippen molar-refractivity contribution in [3.8, 4) is 0 Å². The summed E-state index contributed by atoms with van der Waals surface area (Å²) in [7, 11) is 3.49. The van der Waals surface area contributed by atoms with Gasteiger partial charge in [0.15, 0.2) is 0 Å². The third-order valence-corrected chi connectivity index (χ3v) is 3.42. The minimum Gasteiger partial charge on any atom is -0.465 e. The number of hydrogen-bond acceptors (Lipinski definition) is 4. The second kappa shape index (κ2) is 5.87. The van der Waals surface area contributed by atoms with Crippen molar-refractivity contribution in [1.82, 2.24) is 5.32 Å². The topological polar surface area (TPSA) is 41.6 Å². The number of benzene rings is 1. The first-order chi connectivity index (χ1) is 8.70. The van der Waals surface area contributed by atoms with Crippen LogP contribution in [-0.2, 0) is 4.74 Å². The van der Waals surface area contributed by atoms with Gasteiger partial charge in [0, 0.05) is 19.3 Å². The third-order valence-electron chi connectivity index (χ3n) is 3.42. The van der Waals surface area contributed by atoms with E-state index in [4.69, 9.17) is 0 Å². The molecule has 18 heavy (non-hydrogen) atoms. The number of methoxy groups -OCH3 is 1. The molecule has 1 atom stereocenters. The molecule has 0 saturated carbocycles. The summed E-state index contributed by atoms with van der Waals surface area (Å²) in [4.78, 5) is 13.6. The lowest BCUT2D eigenvalue weighted by Gasteiger charge is -2.22. The highest BCUT2D eigenvalue weighted by Gasteiger charge is 2.16. The maximum atomic E-state index is 11.3. The van der Waals surface area contributed by atoms with Crippen molar-refractivity contribution < 1.29 is 9.53 Å². The Morgan fingerprint density at radius 3 is 2.72 bits per heavy atom. The van der Waals surface area contributed by atoms with E-state index in [-0.39, 0.29) is 5.97 Å². The van der Waals surface area contributed by atoms with Crippen LogP contribution in [0.1, 0.15) is 16.8 Å². The molecule has 0 aromatic heterocycles. The highest BCUT2D eigenvalue weighted by Crippen LogP contribution is 2.17. The van der Waals surface area contributed by atoms with Crippen LogP contribution in [0, 0.1) is 5.92 Å². The number of carbonyl (C=O) groups excluding carboxylic acids is 1. The first-order valence-electron chi connectivity index (χ1n) is 6.31. The van der Waals surface area contributed by atoms with Crippen molar-refractivity contribution in [3.63, 3.8) is 0 Å². The number of carbonyl (C=O) groups is 1. The van der Waals surface area contributed by atoms with Gasteiger partial charge in [0.1, 0.15) is 0 Å². The number of rotatable bonds is 4. The van der Waals surface area contributed by atoms with E-state index in [1.165, 1.54) is 13.5 Å². The maximum Gasteiger partial charge on any atom is 0.337 e. The van der Waals surface area contributed by atoms with Crippen molar-refractivity contribution in [2.75, 3.05) is 38.7 Å². The van der Waals surface area contributed by atoms with Gasteiger partial charge in [0.2, 0.25) is 0 Å². The standard InChI is InChI=1S/C14H20N2O2/c1-16(10-11-7-8-15-9-11)13-5-3-12(4-6-13)14(17)18-2/h3-6,11,15H,7-10H2,1-2H3. The summed E-state index contributed by atoms with van der Waals surface area (Å²) in [5, 5.41) is 3.37. The lowest BCUT2D eigenvalue weighted by atomic mass is 10.1. The second-order valence-corrected chi connectivity index (χ2v) is 4.78. The molecule has 1 fully saturated rings. The molecule has 0 aliphatic carbocycles. The Morgan fingerprint density at radius 2 is 2.17 bits per heavy atom. The van der Waals surface area contributed by atoms with Crippen LogP contribution < -0.4 is 10.2 Å². The number of esters is 1. The molecule has 1 aliphatic heterocycles. The lowest BCUT2D eigenvalue weighted by Crippen LogP contribution is -2.26. The molecule has 0 amide bonds. The summed E-state index contributed by atoms with van der Waals surface area (Å²) >= 11 is 0. The summed E-state index contributed by atoms with van der Waals surface area (Å²) in [5.74, 6) is 0.430. The smallest absolute Gasteiger partial charge is 0.337 e. The van der Waals surface area contributed by atoms with Gasteiger partial charge < -0.3 is 15.0 Å². The number of ether oxygens (including phenoxy) is 1. The third kappa shape index (κ3) is 3.01. The van der Waals surface area contributed by atoms with E-state index in [1.807, 2.05) is 24.3 Å². The van der Waals surface area contributed by atoms with E-state index in [2.05, 4.69) is 22.0 Å². The Balaban J connectivity index is 1.97. The van der Waals surface area contributed by atoms with Crippen molar-refractivity contribution in [1.29, 1.82) is 0 Å². The van der Waals surface area contributed by atoms with E-state index >= 15 is 0 Å². The fraction of sp³-hybridized carbons (Fsp3) is 0.500. The zero-order valence-electron chi connectivity index (χ0n) is 11.0. The van der Waals surface area contributed by atoms with Crippen molar-refractivity contribution in [2.45, 2.75) is 6.42 Å². The average Bonchev–Trinajstić information content (AvgIpc) is 2.91. The molecule has 1 N–H and O–H groups in total. The van der Waals surface area contributed by atoms with Gasteiger partial charge in [-0.25, -0.2) is 4.79 Å². The molecule has 4 heteroatoms. The van der Waals surface area contributed by atoms with Crippen molar-refractivity contribution >= 4 is 11.7 Å². The van der Waals surface area contributed by atoms with Crippen LogP contribution in [0.4, 0.5) is 5.69 Å². The minimum absolute atomic E-state index is 0.288. The number of nitrogens with one attached hydrogen (secondary N) is 1. The van der Waals surface area contributed by atoms with Gasteiger partial charge in [-0.15, -0.1) is 0 Å². The number of hydrogen-bond donors (Lipinski definition) is 1. The first kappa shape index (κ1) is 12.9. The van der Waals surface area contributed by atoms with Gasteiger partial charge in [-0.05, 0) is 49.7 Å². The van der Waals surface area contributed by atoms with E-state index in [0.717, 1.165) is 31.2 Å². The van der Waals surface area contributed by atoms with Gasteiger partial charge in [0.25, 0.3) is 0 Å². The van der Waals surface area contributed by atoms with Crippen molar-refractivity contribution in [2.24, 2.45) is 5.92 Å². The molecule has 0 bridgehead atoms. The van der Waals surface area contributed by atoms with E-state index in [9.17, 15) is 4.79 Å². The van der Waals surface area contributed by atoms with Gasteiger partial charge in [-0.2, -0.15) is 0 Å². The molecule has 98 valence electrons.